The van der Waals surface area contributed by atoms with E-state index in [9.17, 15) is 4.79 Å². The summed E-state index contributed by atoms with van der Waals surface area (Å²) < 4.78 is 0. The number of hydrogen-bond acceptors (Lipinski definition) is 3. The summed E-state index contributed by atoms with van der Waals surface area (Å²) in [4.78, 5) is 15.0. The Kier molecular flexibility index (Phi) is 6.89. The number of carboxylic acid groups (broad SMARTS) is 1. The summed E-state index contributed by atoms with van der Waals surface area (Å²) in [5.74, 6) is -0.720. The highest BCUT2D eigenvalue weighted by atomic mass is 16.4. The molecule has 0 unspecified atom stereocenters. The number of rotatable bonds is 8. The topological polar surface area (TPSA) is 43.8 Å². The van der Waals surface area contributed by atoms with Crippen LogP contribution in [0.2, 0.25) is 0 Å². The third kappa shape index (κ3) is 6.44. The molecule has 0 aromatic rings. The smallest absolute Gasteiger partial charge is 0.317 e. The quantitative estimate of drug-likeness (QED) is 0.515. The lowest BCUT2D eigenvalue weighted by atomic mass is 10.2. The summed E-state index contributed by atoms with van der Waals surface area (Å²) in [6.45, 7) is 8.85. The van der Waals surface area contributed by atoms with Crippen LogP contribution in [0.25, 0.3) is 0 Å². The van der Waals surface area contributed by atoms with Gasteiger partial charge in [0.1, 0.15) is 0 Å². The van der Waals surface area contributed by atoms with Crippen molar-refractivity contribution in [2.75, 3.05) is 39.3 Å². The number of carbonyl (C=O) groups is 1. The number of piperazine rings is 1. The third-order valence-corrected chi connectivity index (χ3v) is 3.21. The second-order valence-electron chi connectivity index (χ2n) is 4.65. The lowest BCUT2D eigenvalue weighted by molar-refractivity contribution is -0.138. The summed E-state index contributed by atoms with van der Waals surface area (Å²) in [6.07, 6.45) is 6.84. The van der Waals surface area contributed by atoms with Gasteiger partial charge in [-0.1, -0.05) is 12.5 Å². The highest BCUT2D eigenvalue weighted by Crippen LogP contribution is 2.05. The molecule has 0 aliphatic carbocycles. The zero-order chi connectivity index (χ0) is 12.5. The minimum Gasteiger partial charge on any atom is -0.480 e. The second-order valence-corrected chi connectivity index (χ2v) is 4.65. The number of aliphatic carboxylic acids is 1. The van der Waals surface area contributed by atoms with Crippen LogP contribution in [0.5, 0.6) is 0 Å². The first-order valence-corrected chi connectivity index (χ1v) is 6.50. The van der Waals surface area contributed by atoms with Gasteiger partial charge in [-0.25, -0.2) is 0 Å². The third-order valence-electron chi connectivity index (χ3n) is 3.21. The van der Waals surface area contributed by atoms with Crippen LogP contribution in [-0.4, -0.2) is 60.1 Å². The van der Waals surface area contributed by atoms with E-state index >= 15 is 0 Å². The first-order valence-electron chi connectivity index (χ1n) is 6.50. The molecule has 4 heteroatoms. The molecule has 0 amide bonds. The Hall–Kier alpha value is -0.870. The summed E-state index contributed by atoms with van der Waals surface area (Å²) >= 11 is 0. The fraction of sp³-hybridized carbons (Fsp3) is 0.769. The SMILES string of the molecule is C=CCCCCCN1CCN(CC(=O)O)CC1. The fourth-order valence-corrected chi connectivity index (χ4v) is 2.16. The molecule has 1 N–H and O–H groups in total. The second kappa shape index (κ2) is 8.25. The van der Waals surface area contributed by atoms with Crippen LogP contribution in [0.4, 0.5) is 0 Å². The zero-order valence-corrected chi connectivity index (χ0v) is 10.6. The maximum atomic E-state index is 10.6. The van der Waals surface area contributed by atoms with Crippen molar-refractivity contribution in [2.24, 2.45) is 0 Å². The summed E-state index contributed by atoms with van der Waals surface area (Å²) in [5, 5.41) is 8.69. The van der Waals surface area contributed by atoms with Gasteiger partial charge >= 0.3 is 5.97 Å². The van der Waals surface area contributed by atoms with Crippen molar-refractivity contribution in [3.8, 4) is 0 Å². The molecule has 0 radical (unpaired) electrons. The number of hydrogen-bond donors (Lipinski definition) is 1. The number of allylic oxidation sites excluding steroid dienone is 1. The van der Waals surface area contributed by atoms with E-state index < -0.39 is 5.97 Å². The average molecular weight is 240 g/mol. The van der Waals surface area contributed by atoms with Crippen molar-refractivity contribution in [1.29, 1.82) is 0 Å². The molecule has 1 aliphatic rings. The van der Waals surface area contributed by atoms with Crippen molar-refractivity contribution < 1.29 is 9.90 Å². The summed E-state index contributed by atoms with van der Waals surface area (Å²) in [6, 6.07) is 0. The Bertz CT molecular complexity index is 236. The Labute approximate surface area is 104 Å². The van der Waals surface area contributed by atoms with Crippen molar-refractivity contribution in [3.63, 3.8) is 0 Å². The maximum Gasteiger partial charge on any atom is 0.317 e. The molecule has 4 nitrogen and oxygen atoms in total. The van der Waals surface area contributed by atoms with Crippen molar-refractivity contribution in [2.45, 2.75) is 25.7 Å². The Morgan fingerprint density at radius 2 is 1.76 bits per heavy atom. The first kappa shape index (κ1) is 14.2. The molecule has 0 spiro atoms. The minimum atomic E-state index is -0.720. The lowest BCUT2D eigenvalue weighted by Gasteiger charge is -2.33. The molecular formula is C13H24N2O2. The largest absolute Gasteiger partial charge is 0.480 e. The van der Waals surface area contributed by atoms with Crippen LogP contribution in [0, 0.1) is 0 Å². The van der Waals surface area contributed by atoms with Crippen molar-refractivity contribution in [1.82, 2.24) is 9.80 Å². The van der Waals surface area contributed by atoms with Crippen LogP contribution in [-0.2, 0) is 4.79 Å². The molecule has 98 valence electrons. The molecule has 0 atom stereocenters. The average Bonchev–Trinajstić information content (AvgIpc) is 2.30. The summed E-state index contributed by atoms with van der Waals surface area (Å²) in [7, 11) is 0. The number of unbranched alkanes of at least 4 members (excludes halogenated alkanes) is 3. The van der Waals surface area contributed by atoms with Gasteiger partial charge in [-0.05, 0) is 25.8 Å². The first-order chi connectivity index (χ1) is 8.22. The minimum absolute atomic E-state index is 0.188. The predicted molar refractivity (Wildman–Crippen MR) is 69.2 cm³/mol. The van der Waals surface area contributed by atoms with E-state index in [0.717, 1.165) is 39.1 Å². The van der Waals surface area contributed by atoms with Gasteiger partial charge in [-0.2, -0.15) is 0 Å². The van der Waals surface area contributed by atoms with Gasteiger partial charge in [0.05, 0.1) is 6.54 Å². The molecule has 0 aromatic heterocycles. The van der Waals surface area contributed by atoms with E-state index in [1.165, 1.54) is 19.3 Å². The van der Waals surface area contributed by atoms with Crippen LogP contribution in [0.1, 0.15) is 25.7 Å². The molecule has 1 heterocycles. The van der Waals surface area contributed by atoms with Crippen LogP contribution < -0.4 is 0 Å². The van der Waals surface area contributed by atoms with E-state index in [1.54, 1.807) is 0 Å². The molecule has 17 heavy (non-hydrogen) atoms. The highest BCUT2D eigenvalue weighted by Gasteiger charge is 2.17. The van der Waals surface area contributed by atoms with Gasteiger partial charge in [0.2, 0.25) is 0 Å². The van der Waals surface area contributed by atoms with Crippen molar-refractivity contribution >= 4 is 5.97 Å². The number of nitrogens with zero attached hydrogens (tertiary/aromatic N) is 2. The molecular weight excluding hydrogens is 216 g/mol. The van der Waals surface area contributed by atoms with E-state index in [-0.39, 0.29) is 6.54 Å². The Morgan fingerprint density at radius 1 is 1.12 bits per heavy atom. The standard InChI is InChI=1S/C13H24N2O2/c1-2-3-4-5-6-7-14-8-10-15(11-9-14)12-13(16)17/h2H,1,3-12H2,(H,16,17). The molecule has 0 bridgehead atoms. The number of carboxylic acids is 1. The fourth-order valence-electron chi connectivity index (χ4n) is 2.16. The van der Waals surface area contributed by atoms with E-state index in [2.05, 4.69) is 11.5 Å². The maximum absolute atomic E-state index is 10.6. The molecule has 1 aliphatic heterocycles. The van der Waals surface area contributed by atoms with Crippen LogP contribution >= 0.6 is 0 Å². The van der Waals surface area contributed by atoms with Gasteiger partial charge in [-0.15, -0.1) is 6.58 Å². The van der Waals surface area contributed by atoms with Gasteiger partial charge in [0.25, 0.3) is 0 Å². The lowest BCUT2D eigenvalue weighted by Crippen LogP contribution is -2.48. The summed E-state index contributed by atoms with van der Waals surface area (Å²) in [5.41, 5.74) is 0. The van der Waals surface area contributed by atoms with Crippen molar-refractivity contribution in [3.05, 3.63) is 12.7 Å². The van der Waals surface area contributed by atoms with Crippen LogP contribution in [0.15, 0.2) is 12.7 Å². The van der Waals surface area contributed by atoms with E-state index in [0.29, 0.717) is 0 Å². The highest BCUT2D eigenvalue weighted by molar-refractivity contribution is 5.69. The van der Waals surface area contributed by atoms with Gasteiger partial charge in [0, 0.05) is 26.2 Å². The predicted octanol–water partition coefficient (Wildman–Crippen LogP) is 1.44. The molecule has 1 saturated heterocycles. The monoisotopic (exact) mass is 240 g/mol. The Balaban J connectivity index is 2.02. The van der Waals surface area contributed by atoms with E-state index in [1.807, 2.05) is 11.0 Å². The molecule has 1 fully saturated rings. The molecule has 0 aromatic carbocycles. The van der Waals surface area contributed by atoms with E-state index in [4.69, 9.17) is 5.11 Å². The molecule has 1 rings (SSSR count). The molecule has 0 saturated carbocycles. The zero-order valence-electron chi connectivity index (χ0n) is 10.6. The normalized spacial score (nSPS) is 18.1. The van der Waals surface area contributed by atoms with Gasteiger partial charge in [0.15, 0.2) is 0 Å². The van der Waals surface area contributed by atoms with Gasteiger partial charge in [-0.3, -0.25) is 9.69 Å². The van der Waals surface area contributed by atoms with Crippen LogP contribution in [0.3, 0.4) is 0 Å². The van der Waals surface area contributed by atoms with Gasteiger partial charge < -0.3 is 10.0 Å². The Morgan fingerprint density at radius 3 is 2.35 bits per heavy atom.